The van der Waals surface area contributed by atoms with Crippen molar-refractivity contribution in [3.63, 3.8) is 0 Å². The number of likely N-dealkylation sites (tertiary alicyclic amines) is 1. The Bertz CT molecular complexity index is 1610. The minimum atomic E-state index is -0.979. The Hall–Kier alpha value is -3.45. The number of hydrogen-bond acceptors (Lipinski definition) is 8. The molecule has 10 nitrogen and oxygen atoms in total. The third-order valence-corrected chi connectivity index (χ3v) is 7.99. The summed E-state index contributed by atoms with van der Waals surface area (Å²) in [6.07, 6.45) is 4.42. The number of carbonyl (C=O) groups excluding carboxylic acids is 1. The Morgan fingerprint density at radius 1 is 1.18 bits per heavy atom. The van der Waals surface area contributed by atoms with Crippen LogP contribution < -0.4 is 0 Å². The molecule has 1 aliphatic rings. The van der Waals surface area contributed by atoms with E-state index in [1.807, 2.05) is 42.6 Å². The fourth-order valence-electron chi connectivity index (χ4n) is 4.22. The lowest BCUT2D eigenvalue weighted by atomic mass is 9.88. The molecule has 1 fully saturated rings. The van der Waals surface area contributed by atoms with Crippen molar-refractivity contribution in [1.29, 1.82) is 0 Å². The molecule has 0 saturated carbocycles. The molecule has 1 N–H and O–H groups in total. The number of carbonyl (C=O) groups is 1. The number of hydrogen-bond donors (Lipinski definition) is 1. The molecule has 13 heteroatoms. The second-order valence-electron chi connectivity index (χ2n) is 9.03. The third-order valence-electron chi connectivity index (χ3n) is 6.22. The fourth-order valence-corrected chi connectivity index (χ4v) is 5.55. The van der Waals surface area contributed by atoms with Crippen LogP contribution in [0, 0.1) is 0 Å². The van der Waals surface area contributed by atoms with Gasteiger partial charge in [0.1, 0.15) is 22.0 Å². The van der Waals surface area contributed by atoms with E-state index in [4.69, 9.17) is 11.6 Å². The van der Waals surface area contributed by atoms with Gasteiger partial charge in [0.25, 0.3) is 5.91 Å². The van der Waals surface area contributed by atoms with Gasteiger partial charge in [0.2, 0.25) is 0 Å². The van der Waals surface area contributed by atoms with E-state index in [1.165, 1.54) is 16.1 Å². The van der Waals surface area contributed by atoms with Crippen LogP contribution in [0.25, 0.3) is 22.1 Å². The molecule has 1 aliphatic heterocycles. The molecule has 0 aliphatic carbocycles. The Labute approximate surface area is 234 Å². The minimum Gasteiger partial charge on any atom is -0.386 e. The predicted octanol–water partition coefficient (Wildman–Crippen LogP) is 4.21. The highest BCUT2D eigenvalue weighted by Gasteiger charge is 2.44. The monoisotopic (exact) mass is 610 g/mol. The van der Waals surface area contributed by atoms with Crippen LogP contribution in [-0.4, -0.2) is 69.6 Å². The summed E-state index contributed by atoms with van der Waals surface area (Å²) in [6, 6.07) is 15.0. The van der Waals surface area contributed by atoms with Crippen molar-refractivity contribution < 1.29 is 9.90 Å². The molecule has 2 aromatic carbocycles. The molecule has 0 bridgehead atoms. The average molecular weight is 612 g/mol. The third kappa shape index (κ3) is 4.99. The number of aromatic nitrogens is 7. The van der Waals surface area contributed by atoms with Crippen LogP contribution in [0.5, 0.6) is 0 Å². The van der Waals surface area contributed by atoms with Crippen LogP contribution in [0.15, 0.2) is 70.8 Å². The zero-order valence-corrected chi connectivity index (χ0v) is 22.9. The van der Waals surface area contributed by atoms with Crippen molar-refractivity contribution in [2.24, 2.45) is 0 Å². The number of thiazole rings is 1. The summed E-state index contributed by atoms with van der Waals surface area (Å²) >= 11 is 10.9. The molecule has 1 saturated heterocycles. The first-order chi connectivity index (χ1) is 18.4. The normalized spacial score (nSPS) is 14.4. The number of benzene rings is 2. The summed E-state index contributed by atoms with van der Waals surface area (Å²) in [4.78, 5) is 20.6. The summed E-state index contributed by atoms with van der Waals surface area (Å²) in [5.74, 6) is -0.218. The van der Waals surface area contributed by atoms with Gasteiger partial charge >= 0.3 is 0 Å². The van der Waals surface area contributed by atoms with Gasteiger partial charge in [-0.3, -0.25) is 4.79 Å². The summed E-state index contributed by atoms with van der Waals surface area (Å²) in [5, 5.41) is 31.0. The molecular formula is C25H20BrClN8O2S. The largest absolute Gasteiger partial charge is 0.386 e. The van der Waals surface area contributed by atoms with Gasteiger partial charge in [-0.15, -0.1) is 21.5 Å². The van der Waals surface area contributed by atoms with Crippen molar-refractivity contribution in [3.8, 4) is 22.1 Å². The SMILES string of the molecule is O=C(c1csc(-c2cnn(-c3ccccc3)n2)n1)N1CC(O)(CCc2cn(-c3cc(Cl)ccc3Br)nn2)C1. The number of rotatable bonds is 7. The lowest BCUT2D eigenvalue weighted by Crippen LogP contribution is -2.63. The number of aryl methyl sites for hydroxylation is 1. The summed E-state index contributed by atoms with van der Waals surface area (Å²) < 4.78 is 2.49. The number of para-hydroxylation sites is 1. The number of amides is 1. The number of nitrogens with zero attached hydrogens (tertiary/aromatic N) is 8. The van der Waals surface area contributed by atoms with E-state index < -0.39 is 5.60 Å². The highest BCUT2D eigenvalue weighted by atomic mass is 79.9. The second kappa shape index (κ2) is 10.0. The standard InChI is InChI=1S/C25H20BrClN8O2S/c26-19-7-6-16(27)10-22(19)34-12-17(30-32-34)8-9-25(37)14-33(15-25)24(36)21-13-38-23(29-21)20-11-28-35(31-20)18-4-2-1-3-5-18/h1-7,10-13,37H,8-9,14-15H2. The molecule has 4 heterocycles. The first-order valence-corrected chi connectivity index (χ1v) is 13.7. The molecule has 192 valence electrons. The van der Waals surface area contributed by atoms with Gasteiger partial charge in [-0.25, -0.2) is 9.67 Å². The maximum Gasteiger partial charge on any atom is 0.273 e. The van der Waals surface area contributed by atoms with E-state index in [2.05, 4.69) is 41.4 Å². The lowest BCUT2D eigenvalue weighted by Gasteiger charge is -2.46. The van der Waals surface area contributed by atoms with Gasteiger partial charge in [-0.1, -0.05) is 35.0 Å². The minimum absolute atomic E-state index is 0.218. The van der Waals surface area contributed by atoms with Crippen LogP contribution in [0.2, 0.25) is 5.02 Å². The van der Waals surface area contributed by atoms with Crippen LogP contribution in [0.3, 0.4) is 0 Å². The fraction of sp³-hybridized carbons (Fsp3) is 0.200. The molecule has 1 amide bonds. The Morgan fingerprint density at radius 3 is 2.82 bits per heavy atom. The van der Waals surface area contributed by atoms with Gasteiger partial charge in [0.15, 0.2) is 0 Å². The molecule has 0 unspecified atom stereocenters. The second-order valence-corrected chi connectivity index (χ2v) is 11.2. The lowest BCUT2D eigenvalue weighted by molar-refractivity contribution is -0.0856. The Balaban J connectivity index is 1.05. The van der Waals surface area contributed by atoms with E-state index in [-0.39, 0.29) is 19.0 Å². The predicted molar refractivity (Wildman–Crippen MR) is 146 cm³/mol. The number of β-amino-alcohol motifs (C(OH)–C–C–N with tert-alkyl or cyclic N) is 1. The van der Waals surface area contributed by atoms with Gasteiger partial charge in [-0.2, -0.15) is 9.90 Å². The maximum absolute atomic E-state index is 13.0. The Kier molecular flexibility index (Phi) is 6.56. The summed E-state index contributed by atoms with van der Waals surface area (Å²) in [6.45, 7) is 0.466. The van der Waals surface area contributed by atoms with Crippen LogP contribution in [0.1, 0.15) is 22.6 Å². The van der Waals surface area contributed by atoms with Gasteiger partial charge in [0, 0.05) is 14.9 Å². The topological polar surface area (TPSA) is 115 Å². The maximum atomic E-state index is 13.0. The van der Waals surface area contributed by atoms with E-state index in [9.17, 15) is 9.90 Å². The molecule has 38 heavy (non-hydrogen) atoms. The van der Waals surface area contributed by atoms with Crippen molar-refractivity contribution in [2.75, 3.05) is 13.1 Å². The van der Waals surface area contributed by atoms with Crippen molar-refractivity contribution in [1.82, 2.24) is 39.9 Å². The quantitative estimate of drug-likeness (QED) is 0.293. The van der Waals surface area contributed by atoms with Gasteiger partial charge in [-0.05, 0) is 59.1 Å². The molecule has 3 aromatic heterocycles. The molecule has 5 aromatic rings. The zero-order chi connectivity index (χ0) is 26.3. The van der Waals surface area contributed by atoms with E-state index in [1.54, 1.807) is 33.3 Å². The van der Waals surface area contributed by atoms with Crippen molar-refractivity contribution >= 4 is 44.8 Å². The summed E-state index contributed by atoms with van der Waals surface area (Å²) in [5.41, 5.74) is 2.30. The highest BCUT2D eigenvalue weighted by molar-refractivity contribution is 9.10. The van der Waals surface area contributed by atoms with E-state index in [0.717, 1.165) is 21.5 Å². The highest BCUT2D eigenvalue weighted by Crippen LogP contribution is 2.30. The Morgan fingerprint density at radius 2 is 2.00 bits per heavy atom. The van der Waals surface area contributed by atoms with Crippen LogP contribution >= 0.6 is 38.9 Å². The number of aliphatic hydroxyl groups is 1. The molecule has 0 radical (unpaired) electrons. The molecular weight excluding hydrogens is 592 g/mol. The molecule has 0 atom stereocenters. The summed E-state index contributed by atoms with van der Waals surface area (Å²) in [7, 11) is 0. The van der Waals surface area contributed by atoms with Crippen molar-refractivity contribution in [2.45, 2.75) is 18.4 Å². The zero-order valence-electron chi connectivity index (χ0n) is 19.8. The van der Waals surface area contributed by atoms with Crippen molar-refractivity contribution in [3.05, 3.63) is 87.2 Å². The average Bonchev–Trinajstić information content (AvgIpc) is 3.68. The molecule has 6 rings (SSSR count). The number of halogens is 2. The van der Waals surface area contributed by atoms with Crippen LogP contribution in [0.4, 0.5) is 0 Å². The van der Waals surface area contributed by atoms with Gasteiger partial charge < -0.3 is 10.0 Å². The smallest absolute Gasteiger partial charge is 0.273 e. The van der Waals surface area contributed by atoms with E-state index >= 15 is 0 Å². The first kappa shape index (κ1) is 24.9. The molecule has 0 spiro atoms. The van der Waals surface area contributed by atoms with E-state index in [0.29, 0.717) is 34.3 Å². The first-order valence-electron chi connectivity index (χ1n) is 11.7. The van der Waals surface area contributed by atoms with Gasteiger partial charge in [0.05, 0.1) is 42.6 Å². The van der Waals surface area contributed by atoms with Crippen LogP contribution in [-0.2, 0) is 6.42 Å².